The zero-order valence-corrected chi connectivity index (χ0v) is 9.56. The summed E-state index contributed by atoms with van der Waals surface area (Å²) in [5, 5.41) is 3.48. The highest BCUT2D eigenvalue weighted by molar-refractivity contribution is 4.92. The van der Waals surface area contributed by atoms with Gasteiger partial charge >= 0.3 is 5.69 Å². The van der Waals surface area contributed by atoms with Gasteiger partial charge in [0.05, 0.1) is 0 Å². The lowest BCUT2D eigenvalue weighted by molar-refractivity contribution is 0.358. The number of aromatic nitrogens is 2. The van der Waals surface area contributed by atoms with Gasteiger partial charge in [-0.15, -0.1) is 0 Å². The van der Waals surface area contributed by atoms with Crippen LogP contribution in [0.5, 0.6) is 0 Å². The third-order valence-corrected chi connectivity index (χ3v) is 3.64. The van der Waals surface area contributed by atoms with Crippen LogP contribution in [0.1, 0.15) is 38.1 Å². The molecule has 4 nitrogen and oxygen atoms in total. The van der Waals surface area contributed by atoms with Crippen molar-refractivity contribution in [2.45, 2.75) is 50.7 Å². The lowest BCUT2D eigenvalue weighted by Crippen LogP contribution is -2.39. The Balaban J connectivity index is 1.71. The predicted octanol–water partition coefficient (Wildman–Crippen LogP) is 1.13. The highest BCUT2D eigenvalue weighted by Gasteiger charge is 2.26. The lowest BCUT2D eigenvalue weighted by atomic mass is 10.1. The van der Waals surface area contributed by atoms with Crippen LogP contribution in [0.4, 0.5) is 0 Å². The van der Waals surface area contributed by atoms with E-state index >= 15 is 0 Å². The van der Waals surface area contributed by atoms with Gasteiger partial charge in [-0.25, -0.2) is 4.79 Å². The topological polar surface area (TPSA) is 39.0 Å². The molecule has 1 saturated carbocycles. The minimum Gasteiger partial charge on any atom is -0.312 e. The number of nitrogens with one attached hydrogen (secondary N) is 1. The number of rotatable bonds is 3. The van der Waals surface area contributed by atoms with Crippen molar-refractivity contribution in [2.75, 3.05) is 6.54 Å². The van der Waals surface area contributed by atoms with E-state index in [1.807, 2.05) is 21.5 Å². The third-order valence-electron chi connectivity index (χ3n) is 3.64. The van der Waals surface area contributed by atoms with E-state index in [0.29, 0.717) is 12.1 Å². The second kappa shape index (κ2) is 4.09. The van der Waals surface area contributed by atoms with Crippen molar-refractivity contribution in [2.24, 2.45) is 0 Å². The first kappa shape index (κ1) is 10.1. The SMILES string of the molecule is O=c1n(CC2CCCCN2)ccn1C1CC1. The molecule has 1 aliphatic carbocycles. The van der Waals surface area contributed by atoms with Crippen molar-refractivity contribution in [3.8, 4) is 0 Å². The molecule has 1 aliphatic heterocycles. The molecule has 0 spiro atoms. The van der Waals surface area contributed by atoms with E-state index in [2.05, 4.69) is 5.32 Å². The molecule has 16 heavy (non-hydrogen) atoms. The van der Waals surface area contributed by atoms with Crippen LogP contribution in [-0.2, 0) is 6.54 Å². The summed E-state index contributed by atoms with van der Waals surface area (Å²) in [5.74, 6) is 0. The van der Waals surface area contributed by atoms with Crippen molar-refractivity contribution in [3.63, 3.8) is 0 Å². The summed E-state index contributed by atoms with van der Waals surface area (Å²) in [4.78, 5) is 12.0. The first-order valence-corrected chi connectivity index (χ1v) is 6.35. The Morgan fingerprint density at radius 1 is 1.25 bits per heavy atom. The molecular formula is C12H19N3O. The van der Waals surface area contributed by atoms with Crippen molar-refractivity contribution in [3.05, 3.63) is 22.9 Å². The van der Waals surface area contributed by atoms with Crippen molar-refractivity contribution in [1.29, 1.82) is 0 Å². The average Bonchev–Trinajstić information content (AvgIpc) is 3.08. The first-order chi connectivity index (χ1) is 7.84. The molecule has 1 atom stereocenters. The van der Waals surface area contributed by atoms with Crippen LogP contribution in [0.15, 0.2) is 17.2 Å². The first-order valence-electron chi connectivity index (χ1n) is 6.35. The molecule has 1 aromatic rings. The van der Waals surface area contributed by atoms with E-state index < -0.39 is 0 Å². The number of hydrogen-bond acceptors (Lipinski definition) is 2. The zero-order valence-electron chi connectivity index (χ0n) is 9.56. The quantitative estimate of drug-likeness (QED) is 0.831. The normalized spacial score (nSPS) is 25.9. The molecule has 0 radical (unpaired) electrons. The van der Waals surface area contributed by atoms with E-state index in [9.17, 15) is 4.79 Å². The van der Waals surface area contributed by atoms with Crippen LogP contribution in [0.25, 0.3) is 0 Å². The summed E-state index contributed by atoms with van der Waals surface area (Å²) in [5.41, 5.74) is 0.176. The molecular weight excluding hydrogens is 202 g/mol. The van der Waals surface area contributed by atoms with Crippen LogP contribution >= 0.6 is 0 Å². The molecule has 2 aliphatic rings. The summed E-state index contributed by atoms with van der Waals surface area (Å²) in [7, 11) is 0. The molecule has 1 saturated heterocycles. The summed E-state index contributed by atoms with van der Waals surface area (Å²) in [6.45, 7) is 1.93. The molecule has 3 rings (SSSR count). The van der Waals surface area contributed by atoms with Crippen molar-refractivity contribution >= 4 is 0 Å². The van der Waals surface area contributed by atoms with E-state index in [-0.39, 0.29) is 5.69 Å². The molecule has 88 valence electrons. The molecule has 1 aromatic heterocycles. The molecule has 1 N–H and O–H groups in total. The maximum absolute atomic E-state index is 12.0. The number of nitrogens with zero attached hydrogens (tertiary/aromatic N) is 2. The zero-order chi connectivity index (χ0) is 11.0. The molecule has 2 fully saturated rings. The average molecular weight is 221 g/mol. The third kappa shape index (κ3) is 1.94. The van der Waals surface area contributed by atoms with Gasteiger partial charge in [0.25, 0.3) is 0 Å². The number of piperidine rings is 1. The minimum absolute atomic E-state index is 0.176. The standard InChI is InChI=1S/C12H19N3O/c16-12-14(7-8-15(12)11-4-5-11)9-10-3-1-2-6-13-10/h7-8,10-11,13H,1-6,9H2. The van der Waals surface area contributed by atoms with Gasteiger partial charge < -0.3 is 5.32 Å². The second-order valence-electron chi connectivity index (χ2n) is 5.02. The molecule has 2 heterocycles. The Kier molecular flexibility index (Phi) is 2.59. The van der Waals surface area contributed by atoms with E-state index in [4.69, 9.17) is 0 Å². The Hall–Kier alpha value is -1.03. The van der Waals surface area contributed by atoms with Crippen LogP contribution in [0.3, 0.4) is 0 Å². The summed E-state index contributed by atoms with van der Waals surface area (Å²) in [6.07, 6.45) is 9.99. The van der Waals surface area contributed by atoms with E-state index in [0.717, 1.165) is 13.1 Å². The van der Waals surface area contributed by atoms with Gasteiger partial charge in [0.1, 0.15) is 0 Å². The van der Waals surface area contributed by atoms with Crippen molar-refractivity contribution in [1.82, 2.24) is 14.5 Å². The molecule has 0 amide bonds. The minimum atomic E-state index is 0.176. The summed E-state index contributed by atoms with van der Waals surface area (Å²) >= 11 is 0. The largest absolute Gasteiger partial charge is 0.328 e. The highest BCUT2D eigenvalue weighted by Crippen LogP contribution is 2.33. The maximum Gasteiger partial charge on any atom is 0.328 e. The van der Waals surface area contributed by atoms with Crippen LogP contribution in [0.2, 0.25) is 0 Å². The fourth-order valence-electron chi connectivity index (χ4n) is 2.51. The van der Waals surface area contributed by atoms with Gasteiger partial charge in [0.2, 0.25) is 0 Å². The molecule has 0 aromatic carbocycles. The van der Waals surface area contributed by atoms with Gasteiger partial charge in [0, 0.05) is 31.0 Å². The Morgan fingerprint density at radius 2 is 2.12 bits per heavy atom. The maximum atomic E-state index is 12.0. The van der Waals surface area contributed by atoms with E-state index in [1.165, 1.54) is 32.1 Å². The van der Waals surface area contributed by atoms with Crippen LogP contribution in [0, 0.1) is 0 Å². The number of imidazole rings is 1. The smallest absolute Gasteiger partial charge is 0.312 e. The molecule has 4 heteroatoms. The molecule has 1 unspecified atom stereocenters. The second-order valence-corrected chi connectivity index (χ2v) is 5.02. The Labute approximate surface area is 95.3 Å². The summed E-state index contributed by atoms with van der Waals surface area (Å²) in [6, 6.07) is 0.981. The highest BCUT2D eigenvalue weighted by atomic mass is 16.1. The van der Waals surface area contributed by atoms with Crippen LogP contribution in [-0.4, -0.2) is 21.7 Å². The van der Waals surface area contributed by atoms with Crippen LogP contribution < -0.4 is 11.0 Å². The summed E-state index contributed by atoms with van der Waals surface area (Å²) < 4.78 is 3.75. The van der Waals surface area contributed by atoms with Crippen molar-refractivity contribution < 1.29 is 0 Å². The lowest BCUT2D eigenvalue weighted by Gasteiger charge is -2.23. The number of hydrogen-bond donors (Lipinski definition) is 1. The van der Waals surface area contributed by atoms with Gasteiger partial charge in [0.15, 0.2) is 0 Å². The Morgan fingerprint density at radius 3 is 2.81 bits per heavy atom. The monoisotopic (exact) mass is 221 g/mol. The Bertz CT molecular complexity index is 410. The van der Waals surface area contributed by atoms with Gasteiger partial charge in [-0.1, -0.05) is 6.42 Å². The molecule has 0 bridgehead atoms. The van der Waals surface area contributed by atoms with Gasteiger partial charge in [-0.2, -0.15) is 0 Å². The fourth-order valence-corrected chi connectivity index (χ4v) is 2.51. The van der Waals surface area contributed by atoms with Gasteiger partial charge in [-0.3, -0.25) is 9.13 Å². The predicted molar refractivity (Wildman–Crippen MR) is 62.6 cm³/mol. The fraction of sp³-hybridized carbons (Fsp3) is 0.750. The van der Waals surface area contributed by atoms with E-state index in [1.54, 1.807) is 0 Å². The van der Waals surface area contributed by atoms with Gasteiger partial charge in [-0.05, 0) is 32.2 Å².